The van der Waals surface area contributed by atoms with Crippen molar-refractivity contribution in [1.82, 2.24) is 4.90 Å². The summed E-state index contributed by atoms with van der Waals surface area (Å²) in [6, 6.07) is 9.13. The van der Waals surface area contributed by atoms with Gasteiger partial charge in [-0.1, -0.05) is 57.6 Å². The van der Waals surface area contributed by atoms with Crippen molar-refractivity contribution in [1.29, 1.82) is 0 Å². The van der Waals surface area contributed by atoms with Gasteiger partial charge < -0.3 is 21.3 Å². The van der Waals surface area contributed by atoms with Crippen LogP contribution < -0.4 is 23.6 Å². The molecule has 2 aromatic rings. The van der Waals surface area contributed by atoms with Crippen LogP contribution in [0.5, 0.6) is 0 Å². The molecule has 0 aliphatic carbocycles. The van der Waals surface area contributed by atoms with Crippen LogP contribution in [-0.4, -0.2) is 45.5 Å². The van der Waals surface area contributed by atoms with Crippen LogP contribution in [0.1, 0.15) is 45.2 Å². The van der Waals surface area contributed by atoms with Crippen molar-refractivity contribution < 1.29 is 54.4 Å². The zero-order valence-corrected chi connectivity index (χ0v) is 23.5. The first-order chi connectivity index (χ1) is 16.9. The molecule has 0 heterocycles. The molecule has 12 heteroatoms. The van der Waals surface area contributed by atoms with Crippen LogP contribution in [0, 0.1) is 19.3 Å². The second-order valence-electron chi connectivity index (χ2n) is 9.12. The molecule has 0 radical (unpaired) electrons. The Morgan fingerprint density at radius 3 is 1.97 bits per heavy atom. The number of amides is 1. The predicted octanol–water partition coefficient (Wildman–Crippen LogP) is 3.11. The monoisotopic (exact) mass is 553 g/mol. The van der Waals surface area contributed by atoms with Crippen molar-refractivity contribution in [2.45, 2.75) is 51.0 Å². The molecule has 38 heavy (non-hydrogen) atoms. The van der Waals surface area contributed by atoms with Gasteiger partial charge in [-0.05, 0) is 18.6 Å². The largest absolute Gasteiger partial charge is 1.00 e. The molecule has 1 amide bonds. The summed E-state index contributed by atoms with van der Waals surface area (Å²) in [7, 11) is -3.64. The van der Waals surface area contributed by atoms with Gasteiger partial charge >= 0.3 is 30.9 Å². The summed E-state index contributed by atoms with van der Waals surface area (Å²) in [5.74, 6) is -4.42. The fourth-order valence-electron chi connectivity index (χ4n) is 3.02. The van der Waals surface area contributed by atoms with Gasteiger partial charge in [0.05, 0.1) is 4.90 Å². The Hall–Kier alpha value is -2.19. The molecule has 0 bridgehead atoms. The third-order valence-electron chi connectivity index (χ3n) is 5.10. The Morgan fingerprint density at radius 2 is 1.55 bits per heavy atom. The molecule has 0 saturated heterocycles. The number of alkyl halides is 4. The number of hydrogen-bond acceptors (Lipinski definition) is 4. The molecule has 0 unspecified atom stereocenters. The molecule has 2 aromatic carbocycles. The minimum absolute atomic E-state index is 0. The number of carbonyl (C=O) groups is 1. The van der Waals surface area contributed by atoms with E-state index >= 15 is 0 Å². The number of para-hydroxylation sites is 1. The number of methoxy groups -OCH3 is 1. The summed E-state index contributed by atoms with van der Waals surface area (Å²) in [6.45, 7) is 16.7. The molecule has 0 aliphatic heterocycles. The van der Waals surface area contributed by atoms with Crippen LogP contribution in [0.4, 0.5) is 23.2 Å². The van der Waals surface area contributed by atoms with Gasteiger partial charge in [-0.3, -0.25) is 4.79 Å². The maximum Gasteiger partial charge on any atom is 1.00 e. The summed E-state index contributed by atoms with van der Waals surface area (Å²) >= 11 is 0. The smallest absolute Gasteiger partial charge is 0.372 e. The number of halogens is 4. The van der Waals surface area contributed by atoms with Crippen LogP contribution >= 0.6 is 0 Å². The number of nitrogens with zero attached hydrogens (tertiary/aromatic N) is 1. The number of sulfonamides is 1. The number of anilines is 1. The molecule has 2 rings (SSSR count). The first-order valence-corrected chi connectivity index (χ1v) is 12.9. The number of carbonyl (C=O) groups excluding carboxylic acids is 1. The molecule has 0 atom stereocenters. The van der Waals surface area contributed by atoms with Gasteiger partial charge in [-0.15, -0.1) is 12.6 Å². The van der Waals surface area contributed by atoms with Gasteiger partial charge in [-0.2, -0.15) is 36.1 Å². The average Bonchev–Trinajstić information content (AvgIpc) is 2.83. The molecular weight excluding hydrogens is 519 g/mol. The van der Waals surface area contributed by atoms with E-state index in [2.05, 4.69) is 30.2 Å². The van der Waals surface area contributed by atoms with Crippen LogP contribution in [0.25, 0.3) is 0 Å². The Kier molecular flexibility index (Phi) is 13.4. The Morgan fingerprint density at radius 1 is 1.03 bits per heavy atom. The van der Waals surface area contributed by atoms with E-state index in [4.69, 9.17) is 0 Å². The van der Waals surface area contributed by atoms with E-state index in [1.54, 1.807) is 23.1 Å². The van der Waals surface area contributed by atoms with E-state index in [0.29, 0.717) is 31.4 Å². The third kappa shape index (κ3) is 9.22. The van der Waals surface area contributed by atoms with E-state index in [0.717, 1.165) is 25.1 Å². The van der Waals surface area contributed by atoms with E-state index in [-0.39, 0.29) is 40.8 Å². The van der Waals surface area contributed by atoms with E-state index in [1.807, 2.05) is 20.8 Å². The molecular formula is C26H34F4LiN2O4S-. The van der Waals surface area contributed by atoms with E-state index in [9.17, 15) is 30.8 Å². The fourth-order valence-corrected chi connectivity index (χ4v) is 4.12. The van der Waals surface area contributed by atoms with Crippen LogP contribution in [0.2, 0.25) is 0 Å². The Bertz CT molecular complexity index is 1140. The van der Waals surface area contributed by atoms with Crippen molar-refractivity contribution in [2.75, 3.05) is 24.9 Å². The zero-order valence-electron chi connectivity index (χ0n) is 22.7. The predicted molar refractivity (Wildman–Crippen MR) is 136 cm³/mol. The number of nitrogens with one attached hydrogen (secondary N) is 1. The van der Waals surface area contributed by atoms with Crippen molar-refractivity contribution in [3.8, 4) is 0 Å². The molecule has 208 valence electrons. The van der Waals surface area contributed by atoms with Crippen LogP contribution in [0.15, 0.2) is 53.4 Å². The number of benzene rings is 2. The number of hydrogen-bond donors (Lipinski definition) is 1. The fraction of sp³-hybridized carbons (Fsp3) is 0.423. The molecule has 1 N–H and O–H groups in total. The van der Waals surface area contributed by atoms with E-state index in [1.165, 1.54) is 6.07 Å². The van der Waals surface area contributed by atoms with Crippen molar-refractivity contribution in [3.63, 3.8) is 0 Å². The van der Waals surface area contributed by atoms with Gasteiger partial charge in [0.15, 0.2) is 0 Å². The first kappa shape index (κ1) is 35.8. The molecule has 0 spiro atoms. The van der Waals surface area contributed by atoms with Gasteiger partial charge in [0, 0.05) is 24.6 Å². The summed E-state index contributed by atoms with van der Waals surface area (Å²) in [5.41, 5.74) is -0.722. The van der Waals surface area contributed by atoms with Crippen molar-refractivity contribution >= 4 is 21.6 Å². The Balaban J connectivity index is 0.000000897. The molecule has 0 fully saturated rings. The standard InChI is InChI=1S/C16H14F4NO3S.C10H20NO.Li/c1-11-5-3-4-6-14(11)21-25(22,23)13-9-7-12(8-10-13)15(17,18)16(19,20)24-2;1-6-8-11(7-2)9(12)10(3,4)5;/h3-10,21H,1H2,2H3;2,6-8H2,1,3-5H3;/q2*-1;+1. The quantitative estimate of drug-likeness (QED) is 0.294. The second kappa shape index (κ2) is 14.3. The van der Waals surface area contributed by atoms with Gasteiger partial charge in [0.25, 0.3) is 10.0 Å². The Labute approximate surface area is 235 Å². The second-order valence-corrected chi connectivity index (χ2v) is 10.8. The maximum atomic E-state index is 13.7. The SMILES string of the molecule is [CH2-]CN(CCC)C(=O)C(C)(C)C.[CH2-]c1ccccc1NS(=O)(=O)c1ccc(C(F)(F)C(F)(F)OC)cc1.[Li+]. The summed E-state index contributed by atoms with van der Waals surface area (Å²) in [4.78, 5) is 13.1. The zero-order chi connectivity index (χ0) is 28.7. The summed E-state index contributed by atoms with van der Waals surface area (Å²) in [5, 5.41) is 0. The minimum Gasteiger partial charge on any atom is -0.372 e. The molecule has 0 saturated carbocycles. The summed E-state index contributed by atoms with van der Waals surface area (Å²) in [6.07, 6.45) is -3.73. The minimum atomic E-state index is -4.72. The van der Waals surface area contributed by atoms with E-state index < -0.39 is 27.6 Å². The van der Waals surface area contributed by atoms with Crippen molar-refractivity contribution in [3.05, 3.63) is 73.5 Å². The van der Waals surface area contributed by atoms with Gasteiger partial charge in [-0.25, -0.2) is 8.42 Å². The number of rotatable bonds is 9. The maximum absolute atomic E-state index is 13.7. The molecule has 0 aromatic heterocycles. The van der Waals surface area contributed by atoms with Gasteiger partial charge in [0.1, 0.15) is 0 Å². The van der Waals surface area contributed by atoms with Crippen molar-refractivity contribution in [2.24, 2.45) is 5.41 Å². The molecule has 0 aliphatic rings. The van der Waals surface area contributed by atoms with Crippen LogP contribution in [0.3, 0.4) is 0 Å². The molecule has 6 nitrogen and oxygen atoms in total. The average molecular weight is 554 g/mol. The third-order valence-corrected chi connectivity index (χ3v) is 6.48. The topological polar surface area (TPSA) is 75.7 Å². The normalized spacial score (nSPS) is 12.1. The first-order valence-electron chi connectivity index (χ1n) is 11.4. The number of ether oxygens (including phenoxy) is 1. The van der Waals surface area contributed by atoms with Gasteiger partial charge in [0.2, 0.25) is 5.91 Å². The summed E-state index contributed by atoms with van der Waals surface area (Å²) < 4.78 is 84.1. The van der Waals surface area contributed by atoms with Crippen LogP contribution in [-0.2, 0) is 25.5 Å².